The van der Waals surface area contributed by atoms with Crippen molar-refractivity contribution in [3.05, 3.63) is 74.9 Å². The zero-order chi connectivity index (χ0) is 22.6. The molecule has 2 N–H and O–H groups in total. The van der Waals surface area contributed by atoms with Crippen LogP contribution >= 0.6 is 11.8 Å². The van der Waals surface area contributed by atoms with Crippen LogP contribution in [0.5, 0.6) is 0 Å². The minimum Gasteiger partial charge on any atom is -0.384 e. The Bertz CT molecular complexity index is 1680. The van der Waals surface area contributed by atoms with Gasteiger partial charge in [-0.2, -0.15) is 0 Å². The van der Waals surface area contributed by atoms with Gasteiger partial charge in [-0.05, 0) is 24.3 Å². The number of thioether (sulfide) groups is 1. The number of Topliss-reactive ketones (excluding diaryl/α,β-unsaturated/α-hetero) is 1. The van der Waals surface area contributed by atoms with Gasteiger partial charge in [0.2, 0.25) is 0 Å². The summed E-state index contributed by atoms with van der Waals surface area (Å²) in [6.45, 7) is 0. The van der Waals surface area contributed by atoms with E-state index in [9.17, 15) is 14.4 Å². The Labute approximate surface area is 185 Å². The molecule has 0 radical (unpaired) electrons. The van der Waals surface area contributed by atoms with Crippen LogP contribution in [0.1, 0.15) is 10.4 Å². The molecule has 2 aromatic carbocycles. The summed E-state index contributed by atoms with van der Waals surface area (Å²) in [7, 11) is 2.74. The lowest BCUT2D eigenvalue weighted by Gasteiger charge is -2.11. The third-order valence-electron chi connectivity index (χ3n) is 5.43. The summed E-state index contributed by atoms with van der Waals surface area (Å²) in [6, 6.07) is 15.4. The number of nitrogens with zero attached hydrogens (tertiary/aromatic N) is 5. The van der Waals surface area contributed by atoms with E-state index in [1.807, 2.05) is 52.9 Å². The average molecular weight is 446 g/mol. The fraction of sp³-hybridized carbons (Fsp3) is 0.136. The minimum atomic E-state index is -0.708. The number of benzene rings is 2. The van der Waals surface area contributed by atoms with Gasteiger partial charge in [0.05, 0.1) is 22.3 Å². The first kappa shape index (κ1) is 20.0. The molecule has 0 amide bonds. The van der Waals surface area contributed by atoms with Crippen molar-refractivity contribution in [3.8, 4) is 0 Å². The Morgan fingerprint density at radius 2 is 1.66 bits per heavy atom. The van der Waals surface area contributed by atoms with Crippen molar-refractivity contribution in [3.63, 3.8) is 0 Å². The van der Waals surface area contributed by atoms with E-state index in [2.05, 4.69) is 0 Å². The van der Waals surface area contributed by atoms with Crippen LogP contribution in [0.4, 0.5) is 5.82 Å². The molecule has 9 nitrogen and oxygen atoms in total. The minimum absolute atomic E-state index is 0.0788. The van der Waals surface area contributed by atoms with Crippen LogP contribution in [0.15, 0.2) is 63.3 Å². The highest BCUT2D eigenvalue weighted by Crippen LogP contribution is 2.29. The first-order valence-corrected chi connectivity index (χ1v) is 10.7. The molecule has 3 heterocycles. The number of fused-ring (bicyclic) bond motifs is 5. The molecule has 5 aromatic rings. The molecule has 0 bridgehead atoms. The number of anilines is 1. The van der Waals surface area contributed by atoms with E-state index in [0.717, 1.165) is 36.7 Å². The van der Waals surface area contributed by atoms with Crippen LogP contribution in [-0.2, 0) is 14.1 Å². The van der Waals surface area contributed by atoms with Crippen molar-refractivity contribution in [1.82, 2.24) is 23.5 Å². The second-order valence-corrected chi connectivity index (χ2v) is 8.29. The maximum atomic E-state index is 13.0. The van der Waals surface area contributed by atoms with E-state index >= 15 is 0 Å². The third-order valence-corrected chi connectivity index (χ3v) is 6.37. The van der Waals surface area contributed by atoms with Gasteiger partial charge < -0.3 is 5.73 Å². The topological polar surface area (TPSA) is 117 Å². The van der Waals surface area contributed by atoms with Crippen molar-refractivity contribution in [2.24, 2.45) is 14.1 Å². The van der Waals surface area contributed by atoms with Crippen molar-refractivity contribution in [1.29, 1.82) is 0 Å². The third kappa shape index (κ3) is 2.91. The molecule has 0 aliphatic carbocycles. The van der Waals surface area contributed by atoms with Gasteiger partial charge in [-0.3, -0.25) is 23.1 Å². The summed E-state index contributed by atoms with van der Waals surface area (Å²) in [6.07, 6.45) is 0. The predicted octanol–water partition coefficient (Wildman–Crippen LogP) is 1.99. The molecule has 3 aromatic heterocycles. The van der Waals surface area contributed by atoms with Gasteiger partial charge in [0.25, 0.3) is 5.56 Å². The Balaban J connectivity index is 1.63. The average Bonchev–Trinajstić information content (AvgIpc) is 3.20. The zero-order valence-electron chi connectivity index (χ0n) is 17.3. The number of nitrogen functional groups attached to an aromatic ring is 1. The van der Waals surface area contributed by atoms with Gasteiger partial charge in [-0.25, -0.2) is 14.8 Å². The Morgan fingerprint density at radius 3 is 2.44 bits per heavy atom. The van der Waals surface area contributed by atoms with Crippen LogP contribution < -0.4 is 17.0 Å². The van der Waals surface area contributed by atoms with Crippen LogP contribution in [0, 0.1) is 0 Å². The number of imidazole rings is 1. The van der Waals surface area contributed by atoms with Gasteiger partial charge in [-0.1, -0.05) is 36.0 Å². The fourth-order valence-corrected chi connectivity index (χ4v) is 4.62. The molecule has 0 saturated heterocycles. The fourth-order valence-electron chi connectivity index (χ4n) is 3.73. The molecule has 10 heteroatoms. The molecular weight excluding hydrogens is 428 g/mol. The predicted molar refractivity (Wildman–Crippen MR) is 124 cm³/mol. The summed E-state index contributed by atoms with van der Waals surface area (Å²) in [5.41, 5.74) is 7.62. The van der Waals surface area contributed by atoms with E-state index < -0.39 is 17.0 Å². The molecule has 0 spiro atoms. The van der Waals surface area contributed by atoms with Gasteiger partial charge in [-0.15, -0.1) is 0 Å². The Morgan fingerprint density at radius 1 is 0.969 bits per heavy atom. The van der Waals surface area contributed by atoms with Gasteiger partial charge in [0, 0.05) is 19.5 Å². The lowest BCUT2D eigenvalue weighted by atomic mass is 10.2. The lowest BCUT2D eigenvalue weighted by molar-refractivity contribution is 0.102. The highest BCUT2D eigenvalue weighted by Gasteiger charge is 2.22. The van der Waals surface area contributed by atoms with Crippen molar-refractivity contribution >= 4 is 50.9 Å². The van der Waals surface area contributed by atoms with E-state index in [1.165, 1.54) is 25.9 Å². The molecule has 0 saturated carbocycles. The first-order chi connectivity index (χ1) is 15.4. The lowest BCUT2D eigenvalue weighted by Crippen LogP contribution is -2.41. The molecule has 0 aliphatic heterocycles. The second-order valence-electron chi connectivity index (χ2n) is 7.35. The second kappa shape index (κ2) is 7.34. The maximum Gasteiger partial charge on any atom is 0.332 e. The van der Waals surface area contributed by atoms with Gasteiger partial charge in [0.15, 0.2) is 10.9 Å². The smallest absolute Gasteiger partial charge is 0.332 e. The van der Waals surface area contributed by atoms with Crippen LogP contribution in [0.2, 0.25) is 0 Å². The zero-order valence-corrected chi connectivity index (χ0v) is 18.1. The van der Waals surface area contributed by atoms with Crippen molar-refractivity contribution in [2.45, 2.75) is 5.16 Å². The van der Waals surface area contributed by atoms with Crippen LogP contribution in [-0.4, -0.2) is 35.0 Å². The van der Waals surface area contributed by atoms with E-state index in [-0.39, 0.29) is 17.1 Å². The SMILES string of the molecule is Cn1c(N)c(C(=O)CSc2nc3ccccc3c3nc4ccccc4n23)c(=O)n(C)c1=O. The summed E-state index contributed by atoms with van der Waals surface area (Å²) in [4.78, 5) is 47.1. The van der Waals surface area contributed by atoms with E-state index in [1.54, 1.807) is 0 Å². The standard InChI is InChI=1S/C22H18N6O3S/c1-26-18(23)17(20(30)27(2)22(26)31)16(29)11-32-21-25-13-8-4-3-7-12(13)19-24-14-9-5-6-10-15(14)28(19)21/h3-10H,11,23H2,1-2H3. The number of rotatable bonds is 4. The van der Waals surface area contributed by atoms with E-state index in [4.69, 9.17) is 15.7 Å². The number of carbonyl (C=O) groups is 1. The Hall–Kier alpha value is -3.92. The largest absolute Gasteiger partial charge is 0.384 e. The quantitative estimate of drug-likeness (QED) is 0.255. The number of ketones is 1. The number of carbonyl (C=O) groups excluding carboxylic acids is 1. The van der Waals surface area contributed by atoms with Crippen LogP contribution in [0.3, 0.4) is 0 Å². The summed E-state index contributed by atoms with van der Waals surface area (Å²) < 4.78 is 3.89. The van der Waals surface area contributed by atoms with Crippen LogP contribution in [0.25, 0.3) is 27.6 Å². The normalized spacial score (nSPS) is 11.6. The van der Waals surface area contributed by atoms with Crippen molar-refractivity contribution < 1.29 is 4.79 Å². The van der Waals surface area contributed by atoms with Crippen molar-refractivity contribution in [2.75, 3.05) is 11.5 Å². The molecule has 0 atom stereocenters. The Kier molecular flexibility index (Phi) is 4.59. The monoisotopic (exact) mass is 446 g/mol. The first-order valence-electron chi connectivity index (χ1n) is 9.76. The number of aromatic nitrogens is 5. The molecule has 0 unspecified atom stereocenters. The number of hydrogen-bond acceptors (Lipinski definition) is 7. The maximum absolute atomic E-state index is 13.0. The van der Waals surface area contributed by atoms with Gasteiger partial charge >= 0.3 is 5.69 Å². The number of hydrogen-bond donors (Lipinski definition) is 1. The highest BCUT2D eigenvalue weighted by atomic mass is 32.2. The number of para-hydroxylation sites is 3. The highest BCUT2D eigenvalue weighted by molar-refractivity contribution is 7.99. The van der Waals surface area contributed by atoms with E-state index in [0.29, 0.717) is 5.16 Å². The summed E-state index contributed by atoms with van der Waals surface area (Å²) >= 11 is 1.19. The molecule has 0 fully saturated rings. The molecular formula is C22H18N6O3S. The summed E-state index contributed by atoms with van der Waals surface area (Å²) in [5, 5.41) is 1.47. The van der Waals surface area contributed by atoms with Gasteiger partial charge in [0.1, 0.15) is 17.0 Å². The molecule has 5 rings (SSSR count). The summed E-state index contributed by atoms with van der Waals surface area (Å²) in [5.74, 6) is -0.699. The molecule has 160 valence electrons. The number of nitrogens with two attached hydrogens (primary N) is 1. The molecule has 32 heavy (non-hydrogen) atoms. The molecule has 0 aliphatic rings.